The zero-order valence-corrected chi connectivity index (χ0v) is 8.78. The van der Waals surface area contributed by atoms with Gasteiger partial charge in [0.2, 0.25) is 0 Å². The van der Waals surface area contributed by atoms with E-state index in [9.17, 15) is 0 Å². The van der Waals surface area contributed by atoms with Gasteiger partial charge >= 0.3 is 0 Å². The maximum atomic E-state index is 5.56. The third kappa shape index (κ3) is 1.78. The molecule has 0 amide bonds. The summed E-state index contributed by atoms with van der Waals surface area (Å²) in [5.74, 6) is 1.93. The van der Waals surface area contributed by atoms with Crippen molar-refractivity contribution in [3.63, 3.8) is 0 Å². The fourth-order valence-corrected chi connectivity index (χ4v) is 1.41. The van der Waals surface area contributed by atoms with Crippen molar-refractivity contribution in [1.29, 1.82) is 0 Å². The Labute approximate surface area is 87.3 Å². The van der Waals surface area contributed by atoms with Gasteiger partial charge in [-0.1, -0.05) is 0 Å². The molecule has 2 rings (SSSR count). The average molecular weight is 207 g/mol. The quantitative estimate of drug-likeness (QED) is 0.824. The molecular formula is C10H13N3O2. The first-order valence-corrected chi connectivity index (χ1v) is 4.79. The number of nitrogens with zero attached hydrogens (tertiary/aromatic N) is 2. The molecule has 2 aromatic rings. The molecule has 0 unspecified atom stereocenters. The van der Waals surface area contributed by atoms with E-state index >= 15 is 0 Å². The normalized spacial score (nSPS) is 10.9. The summed E-state index contributed by atoms with van der Waals surface area (Å²) in [6.45, 7) is 4.26. The van der Waals surface area contributed by atoms with Gasteiger partial charge < -0.3 is 14.6 Å². The highest BCUT2D eigenvalue weighted by Gasteiger charge is 2.16. The average Bonchev–Trinajstić information content (AvgIpc) is 2.73. The van der Waals surface area contributed by atoms with Gasteiger partial charge in [0.1, 0.15) is 0 Å². The Hall–Kier alpha value is -1.62. The van der Waals surface area contributed by atoms with Crippen LogP contribution in [0.15, 0.2) is 15.2 Å². The molecule has 0 saturated carbocycles. The molecule has 0 atom stereocenters. The van der Waals surface area contributed by atoms with Crippen LogP contribution in [-0.2, 0) is 6.42 Å². The number of aromatic nitrogens is 2. The molecule has 0 aliphatic rings. The Balaban J connectivity index is 2.40. The summed E-state index contributed by atoms with van der Waals surface area (Å²) < 4.78 is 10.8. The number of nitrogens with two attached hydrogens (primary N) is 1. The van der Waals surface area contributed by atoms with Gasteiger partial charge in [-0.25, -0.2) is 9.97 Å². The minimum atomic E-state index is 0.523. The van der Waals surface area contributed by atoms with Gasteiger partial charge in [-0.05, 0) is 13.8 Å². The number of rotatable bonds is 3. The SMILES string of the molecule is Cc1ncoc1-c1oc(CCN)nc1C. The van der Waals surface area contributed by atoms with Gasteiger partial charge in [0.05, 0.1) is 11.4 Å². The van der Waals surface area contributed by atoms with Crippen LogP contribution in [0.1, 0.15) is 17.3 Å². The molecule has 0 radical (unpaired) electrons. The predicted molar refractivity (Wildman–Crippen MR) is 54.2 cm³/mol. The van der Waals surface area contributed by atoms with Crippen LogP contribution >= 0.6 is 0 Å². The van der Waals surface area contributed by atoms with Crippen molar-refractivity contribution in [2.75, 3.05) is 6.54 Å². The number of oxazole rings is 2. The molecule has 0 aromatic carbocycles. The van der Waals surface area contributed by atoms with Gasteiger partial charge in [0.15, 0.2) is 23.8 Å². The molecule has 2 aromatic heterocycles. The predicted octanol–water partition coefficient (Wildman–Crippen LogP) is 1.45. The van der Waals surface area contributed by atoms with Gasteiger partial charge in [-0.3, -0.25) is 0 Å². The molecule has 0 fully saturated rings. The second-order valence-electron chi connectivity index (χ2n) is 3.33. The summed E-state index contributed by atoms with van der Waals surface area (Å²) in [6.07, 6.45) is 2.03. The summed E-state index contributed by atoms with van der Waals surface area (Å²) in [4.78, 5) is 8.27. The first kappa shape index (κ1) is 9.92. The van der Waals surface area contributed by atoms with E-state index in [-0.39, 0.29) is 0 Å². The first-order chi connectivity index (χ1) is 7.22. The van der Waals surface area contributed by atoms with Crippen molar-refractivity contribution >= 4 is 0 Å². The van der Waals surface area contributed by atoms with E-state index in [0.717, 1.165) is 11.4 Å². The van der Waals surface area contributed by atoms with Gasteiger partial charge in [-0.2, -0.15) is 0 Å². The third-order valence-corrected chi connectivity index (χ3v) is 2.15. The Kier molecular flexibility index (Phi) is 2.55. The monoisotopic (exact) mass is 207 g/mol. The maximum Gasteiger partial charge on any atom is 0.196 e. The van der Waals surface area contributed by atoms with Crippen LogP contribution in [0.25, 0.3) is 11.5 Å². The van der Waals surface area contributed by atoms with E-state index in [1.54, 1.807) is 0 Å². The highest BCUT2D eigenvalue weighted by molar-refractivity contribution is 5.54. The van der Waals surface area contributed by atoms with Crippen LogP contribution in [0.3, 0.4) is 0 Å². The van der Waals surface area contributed by atoms with Crippen LogP contribution in [-0.4, -0.2) is 16.5 Å². The highest BCUT2D eigenvalue weighted by Crippen LogP contribution is 2.26. The standard InChI is InChI=1S/C10H13N3O2/c1-6-9(14-5-12-6)10-7(2)13-8(15-10)3-4-11/h5H,3-4,11H2,1-2H3. The lowest BCUT2D eigenvalue weighted by Crippen LogP contribution is -2.02. The van der Waals surface area contributed by atoms with Crippen molar-refractivity contribution in [1.82, 2.24) is 9.97 Å². The minimum absolute atomic E-state index is 0.523. The molecule has 2 heterocycles. The number of aryl methyl sites for hydroxylation is 2. The zero-order chi connectivity index (χ0) is 10.8. The van der Waals surface area contributed by atoms with E-state index in [1.807, 2.05) is 13.8 Å². The second kappa shape index (κ2) is 3.86. The molecule has 15 heavy (non-hydrogen) atoms. The minimum Gasteiger partial charge on any atom is -0.440 e. The Bertz CT molecular complexity index is 459. The molecule has 5 nitrogen and oxygen atoms in total. The molecule has 5 heteroatoms. The summed E-state index contributed by atoms with van der Waals surface area (Å²) in [5.41, 5.74) is 7.04. The molecular weight excluding hydrogens is 194 g/mol. The van der Waals surface area contributed by atoms with E-state index in [2.05, 4.69) is 9.97 Å². The highest BCUT2D eigenvalue weighted by atomic mass is 16.4. The molecule has 0 aliphatic heterocycles. The lowest BCUT2D eigenvalue weighted by molar-refractivity contribution is 0.481. The summed E-state index contributed by atoms with van der Waals surface area (Å²) in [6, 6.07) is 0. The van der Waals surface area contributed by atoms with E-state index in [1.165, 1.54) is 6.39 Å². The van der Waals surface area contributed by atoms with E-state index in [4.69, 9.17) is 14.6 Å². The van der Waals surface area contributed by atoms with Crippen LogP contribution in [0.5, 0.6) is 0 Å². The van der Waals surface area contributed by atoms with Crippen LogP contribution in [0.4, 0.5) is 0 Å². The summed E-state index contributed by atoms with van der Waals surface area (Å²) >= 11 is 0. The van der Waals surface area contributed by atoms with Crippen molar-refractivity contribution in [3.05, 3.63) is 23.7 Å². The topological polar surface area (TPSA) is 78.1 Å². The van der Waals surface area contributed by atoms with E-state index < -0.39 is 0 Å². The van der Waals surface area contributed by atoms with Gasteiger partial charge in [0, 0.05) is 13.0 Å². The van der Waals surface area contributed by atoms with Crippen molar-refractivity contribution in [3.8, 4) is 11.5 Å². The molecule has 2 N–H and O–H groups in total. The van der Waals surface area contributed by atoms with Gasteiger partial charge in [-0.15, -0.1) is 0 Å². The first-order valence-electron chi connectivity index (χ1n) is 4.79. The Morgan fingerprint density at radius 2 is 2.07 bits per heavy atom. The smallest absolute Gasteiger partial charge is 0.196 e. The Morgan fingerprint density at radius 3 is 2.67 bits per heavy atom. The van der Waals surface area contributed by atoms with Gasteiger partial charge in [0.25, 0.3) is 0 Å². The largest absolute Gasteiger partial charge is 0.440 e. The molecule has 0 saturated heterocycles. The lowest BCUT2D eigenvalue weighted by Gasteiger charge is -1.92. The fraction of sp³-hybridized carbons (Fsp3) is 0.400. The molecule has 80 valence electrons. The lowest BCUT2D eigenvalue weighted by atomic mass is 10.2. The zero-order valence-electron chi connectivity index (χ0n) is 8.78. The number of hydrogen-bond acceptors (Lipinski definition) is 5. The molecule has 0 bridgehead atoms. The molecule has 0 spiro atoms. The van der Waals surface area contributed by atoms with Crippen molar-refractivity contribution in [2.45, 2.75) is 20.3 Å². The third-order valence-electron chi connectivity index (χ3n) is 2.15. The fourth-order valence-electron chi connectivity index (χ4n) is 1.41. The van der Waals surface area contributed by atoms with Crippen LogP contribution in [0, 0.1) is 13.8 Å². The summed E-state index contributed by atoms with van der Waals surface area (Å²) in [5, 5.41) is 0. The maximum absolute atomic E-state index is 5.56. The van der Waals surface area contributed by atoms with Crippen LogP contribution in [0.2, 0.25) is 0 Å². The van der Waals surface area contributed by atoms with Crippen molar-refractivity contribution in [2.24, 2.45) is 5.73 Å². The van der Waals surface area contributed by atoms with Crippen molar-refractivity contribution < 1.29 is 8.83 Å². The molecule has 0 aliphatic carbocycles. The van der Waals surface area contributed by atoms with E-state index in [0.29, 0.717) is 30.4 Å². The Morgan fingerprint density at radius 1 is 1.27 bits per heavy atom. The summed E-state index contributed by atoms with van der Waals surface area (Å²) in [7, 11) is 0. The van der Waals surface area contributed by atoms with Crippen LogP contribution < -0.4 is 5.73 Å². The second-order valence-corrected chi connectivity index (χ2v) is 3.33. The number of hydrogen-bond donors (Lipinski definition) is 1.